The molecule has 4 rings (SSSR count). The Morgan fingerprint density at radius 2 is 1.89 bits per heavy atom. The number of carbonyl (C=O) groups is 2. The van der Waals surface area contributed by atoms with Crippen LogP contribution in [0.25, 0.3) is 15.9 Å². The molecule has 0 bridgehead atoms. The van der Waals surface area contributed by atoms with Gasteiger partial charge in [0.1, 0.15) is 0 Å². The van der Waals surface area contributed by atoms with E-state index in [1.807, 2.05) is 24.3 Å². The zero-order chi connectivity index (χ0) is 19.7. The fraction of sp³-hybridized carbons (Fsp3) is 0.100. The minimum Gasteiger partial charge on any atom is -0.461 e. The van der Waals surface area contributed by atoms with Crippen LogP contribution in [0.4, 0.5) is 0 Å². The number of para-hydroxylation sites is 1. The van der Waals surface area contributed by atoms with Crippen LogP contribution in [0.3, 0.4) is 0 Å². The Morgan fingerprint density at radius 3 is 2.61 bits per heavy atom. The van der Waals surface area contributed by atoms with E-state index < -0.39 is 5.97 Å². The Kier molecular flexibility index (Phi) is 4.93. The molecule has 6 nitrogen and oxygen atoms in total. The minimum atomic E-state index is -0.653. The number of fused-ring (bicyclic) bond motifs is 1. The third-order valence-electron chi connectivity index (χ3n) is 4.01. The molecule has 0 spiro atoms. The maximum Gasteiger partial charge on any atom is 0.359 e. The highest BCUT2D eigenvalue weighted by molar-refractivity contribution is 7.20. The lowest BCUT2D eigenvalue weighted by molar-refractivity contribution is 0.0516. The molecule has 0 N–H and O–H groups in total. The predicted octanol–water partition coefficient (Wildman–Crippen LogP) is 4.54. The molecule has 0 saturated carbocycles. The van der Waals surface area contributed by atoms with Crippen LogP contribution in [0.2, 0.25) is 5.02 Å². The van der Waals surface area contributed by atoms with Crippen LogP contribution >= 0.6 is 22.9 Å². The van der Waals surface area contributed by atoms with Crippen LogP contribution < -0.4 is 0 Å². The van der Waals surface area contributed by atoms with Crippen molar-refractivity contribution in [1.29, 1.82) is 0 Å². The second-order valence-corrected chi connectivity index (χ2v) is 7.32. The maximum absolute atomic E-state index is 13.1. The second kappa shape index (κ2) is 7.53. The summed E-state index contributed by atoms with van der Waals surface area (Å²) in [7, 11) is 0. The van der Waals surface area contributed by atoms with Crippen LogP contribution in [0, 0.1) is 0 Å². The molecule has 0 radical (unpaired) electrons. The van der Waals surface area contributed by atoms with Crippen LogP contribution in [-0.4, -0.2) is 33.1 Å². The first-order valence-electron chi connectivity index (χ1n) is 8.50. The zero-order valence-electron chi connectivity index (χ0n) is 14.8. The molecule has 0 amide bonds. The first-order chi connectivity index (χ1) is 13.6. The first kappa shape index (κ1) is 18.3. The highest BCUT2D eigenvalue weighted by Crippen LogP contribution is 2.25. The standard InChI is InChI=1S/C20H14ClN3O3S/c1-2-27-20(26)17-14(11-24(23-17)13-9-7-12(21)8-10-13)18(25)19-22-15-5-3-4-6-16(15)28-19/h3-11H,2H2,1H3. The zero-order valence-corrected chi connectivity index (χ0v) is 16.3. The van der Waals surface area contributed by atoms with Gasteiger partial charge in [-0.3, -0.25) is 4.79 Å². The highest BCUT2D eigenvalue weighted by atomic mass is 35.5. The highest BCUT2D eigenvalue weighted by Gasteiger charge is 2.26. The van der Waals surface area contributed by atoms with E-state index in [0.717, 1.165) is 10.2 Å². The van der Waals surface area contributed by atoms with Gasteiger partial charge in [-0.15, -0.1) is 11.3 Å². The van der Waals surface area contributed by atoms with Crippen LogP contribution in [0.1, 0.15) is 32.8 Å². The number of hydrogen-bond acceptors (Lipinski definition) is 6. The molecule has 0 unspecified atom stereocenters. The average Bonchev–Trinajstić information content (AvgIpc) is 3.33. The Morgan fingerprint density at radius 1 is 1.14 bits per heavy atom. The first-order valence-corrected chi connectivity index (χ1v) is 9.69. The maximum atomic E-state index is 13.1. The number of nitrogens with zero attached hydrogens (tertiary/aromatic N) is 3. The van der Waals surface area contributed by atoms with Crippen LogP contribution in [0.15, 0.2) is 54.7 Å². The molecular formula is C20H14ClN3O3S. The topological polar surface area (TPSA) is 74.1 Å². The van der Waals surface area contributed by atoms with E-state index in [0.29, 0.717) is 15.7 Å². The van der Waals surface area contributed by atoms with E-state index in [4.69, 9.17) is 16.3 Å². The summed E-state index contributed by atoms with van der Waals surface area (Å²) in [5.74, 6) is -1.02. The van der Waals surface area contributed by atoms with E-state index >= 15 is 0 Å². The summed E-state index contributed by atoms with van der Waals surface area (Å²) in [5.41, 5.74) is 1.51. The van der Waals surface area contributed by atoms with Crippen molar-refractivity contribution >= 4 is 44.9 Å². The number of benzene rings is 2. The molecule has 2 aromatic heterocycles. The Hall–Kier alpha value is -3.03. The van der Waals surface area contributed by atoms with Gasteiger partial charge in [-0.2, -0.15) is 5.10 Å². The van der Waals surface area contributed by atoms with Gasteiger partial charge >= 0.3 is 5.97 Å². The van der Waals surface area contributed by atoms with Crippen molar-refractivity contribution in [1.82, 2.24) is 14.8 Å². The second-order valence-electron chi connectivity index (χ2n) is 5.85. The Labute approximate surface area is 169 Å². The van der Waals surface area contributed by atoms with E-state index in [1.54, 1.807) is 31.2 Å². The molecule has 140 valence electrons. The Bertz CT molecular complexity index is 1150. The fourth-order valence-electron chi connectivity index (χ4n) is 2.70. The average molecular weight is 412 g/mol. The van der Waals surface area contributed by atoms with Gasteiger partial charge in [0.25, 0.3) is 0 Å². The monoisotopic (exact) mass is 411 g/mol. The number of carbonyl (C=O) groups excluding carboxylic acids is 2. The van der Waals surface area contributed by atoms with Gasteiger partial charge in [0.05, 0.1) is 28.1 Å². The minimum absolute atomic E-state index is 0.0407. The number of rotatable bonds is 5. The smallest absolute Gasteiger partial charge is 0.359 e. The van der Waals surface area contributed by atoms with E-state index in [-0.39, 0.29) is 23.6 Å². The number of thiazole rings is 1. The molecule has 0 aliphatic carbocycles. The molecule has 0 fully saturated rings. The van der Waals surface area contributed by atoms with Crippen molar-refractivity contribution in [2.24, 2.45) is 0 Å². The van der Waals surface area contributed by atoms with Gasteiger partial charge in [0, 0.05) is 11.2 Å². The lowest BCUT2D eigenvalue weighted by atomic mass is 10.1. The predicted molar refractivity (Wildman–Crippen MR) is 108 cm³/mol. The molecular weight excluding hydrogens is 398 g/mol. The molecule has 0 aliphatic heterocycles. The van der Waals surface area contributed by atoms with Crippen molar-refractivity contribution in [2.75, 3.05) is 6.61 Å². The summed E-state index contributed by atoms with van der Waals surface area (Å²) >= 11 is 7.21. The summed E-state index contributed by atoms with van der Waals surface area (Å²) in [4.78, 5) is 29.9. The lowest BCUT2D eigenvalue weighted by Gasteiger charge is -2.01. The van der Waals surface area contributed by atoms with Crippen LogP contribution in [0.5, 0.6) is 0 Å². The van der Waals surface area contributed by atoms with E-state index in [2.05, 4.69) is 10.1 Å². The van der Waals surface area contributed by atoms with Gasteiger partial charge in [-0.1, -0.05) is 23.7 Å². The molecule has 0 aliphatic rings. The van der Waals surface area contributed by atoms with Gasteiger partial charge < -0.3 is 4.74 Å². The number of ketones is 1. The molecule has 8 heteroatoms. The molecule has 28 heavy (non-hydrogen) atoms. The summed E-state index contributed by atoms with van der Waals surface area (Å²) in [6, 6.07) is 14.4. The third-order valence-corrected chi connectivity index (χ3v) is 5.29. The van der Waals surface area contributed by atoms with Gasteiger partial charge in [0.2, 0.25) is 5.78 Å². The molecule has 2 heterocycles. The van der Waals surface area contributed by atoms with Crippen molar-refractivity contribution in [3.8, 4) is 5.69 Å². The molecule has 2 aromatic carbocycles. The van der Waals surface area contributed by atoms with Crippen molar-refractivity contribution in [2.45, 2.75) is 6.92 Å². The summed E-state index contributed by atoms with van der Waals surface area (Å²) in [5, 5.41) is 5.15. The van der Waals surface area contributed by atoms with Gasteiger partial charge in [-0.05, 0) is 43.3 Å². The summed E-state index contributed by atoms with van der Waals surface area (Å²) in [6.45, 7) is 1.88. The van der Waals surface area contributed by atoms with Crippen molar-refractivity contribution in [3.63, 3.8) is 0 Å². The van der Waals surface area contributed by atoms with Gasteiger partial charge in [-0.25, -0.2) is 14.5 Å². The van der Waals surface area contributed by atoms with Gasteiger partial charge in [0.15, 0.2) is 10.7 Å². The quantitative estimate of drug-likeness (QED) is 0.356. The van der Waals surface area contributed by atoms with Crippen molar-refractivity contribution in [3.05, 3.63) is 76.0 Å². The fourth-order valence-corrected chi connectivity index (χ4v) is 3.75. The van der Waals surface area contributed by atoms with Crippen LogP contribution in [-0.2, 0) is 4.74 Å². The number of aromatic nitrogens is 3. The molecule has 4 aromatic rings. The van der Waals surface area contributed by atoms with E-state index in [9.17, 15) is 9.59 Å². The lowest BCUT2D eigenvalue weighted by Crippen LogP contribution is -2.12. The summed E-state index contributed by atoms with van der Waals surface area (Å²) in [6.07, 6.45) is 1.52. The third kappa shape index (κ3) is 3.42. The van der Waals surface area contributed by atoms with E-state index in [1.165, 1.54) is 22.2 Å². The number of hydrogen-bond donors (Lipinski definition) is 0. The number of ether oxygens (including phenoxy) is 1. The Balaban J connectivity index is 1.80. The molecule has 0 atom stereocenters. The SMILES string of the molecule is CCOC(=O)c1nn(-c2ccc(Cl)cc2)cc1C(=O)c1nc2ccccc2s1. The van der Waals surface area contributed by atoms with Crippen molar-refractivity contribution < 1.29 is 14.3 Å². The molecule has 0 saturated heterocycles. The number of halogens is 1. The number of esters is 1. The largest absolute Gasteiger partial charge is 0.461 e. The normalized spacial score (nSPS) is 10.9. The summed E-state index contributed by atoms with van der Waals surface area (Å²) < 4.78 is 7.44.